The number of hydrogen-bond acceptors (Lipinski definition) is 3. The summed E-state index contributed by atoms with van der Waals surface area (Å²) in [7, 11) is 0. The van der Waals surface area contributed by atoms with Crippen molar-refractivity contribution in [3.05, 3.63) is 28.2 Å². The summed E-state index contributed by atoms with van der Waals surface area (Å²) in [5.41, 5.74) is 6.25. The van der Waals surface area contributed by atoms with Crippen molar-refractivity contribution in [1.82, 2.24) is 4.90 Å². The molecule has 0 spiro atoms. The molecular weight excluding hydrogens is 273 g/mol. The lowest BCUT2D eigenvalue weighted by molar-refractivity contribution is -0.117. The summed E-state index contributed by atoms with van der Waals surface area (Å²) in [5, 5.41) is 3.61. The molecule has 1 aliphatic heterocycles. The molecule has 3 N–H and O–H groups in total. The summed E-state index contributed by atoms with van der Waals surface area (Å²) in [4.78, 5) is 13.9. The highest BCUT2D eigenvalue weighted by atomic mass is 35.5. The third-order valence-electron chi connectivity index (χ3n) is 2.90. The van der Waals surface area contributed by atoms with Gasteiger partial charge in [0.2, 0.25) is 5.91 Å². The molecule has 1 unspecified atom stereocenters. The van der Waals surface area contributed by atoms with Crippen molar-refractivity contribution in [3.63, 3.8) is 0 Å². The molecule has 1 aromatic carbocycles. The highest BCUT2D eigenvalue weighted by Crippen LogP contribution is 2.29. The van der Waals surface area contributed by atoms with Crippen LogP contribution in [0.25, 0.3) is 0 Å². The number of nitrogens with one attached hydrogen (secondary N) is 1. The fraction of sp³-hybridized carbons (Fsp3) is 0.417. The first-order chi connectivity index (χ1) is 8.56. The summed E-state index contributed by atoms with van der Waals surface area (Å²) >= 11 is 12.0. The first-order valence-electron chi connectivity index (χ1n) is 5.78. The van der Waals surface area contributed by atoms with Crippen LogP contribution in [0, 0.1) is 0 Å². The summed E-state index contributed by atoms with van der Waals surface area (Å²) in [6.07, 6.45) is 0.931. The van der Waals surface area contributed by atoms with Crippen LogP contribution in [0.5, 0.6) is 0 Å². The SMILES string of the molecule is NC1CCN(CC(=O)Nc2c(Cl)cccc2Cl)C1. The Morgan fingerprint density at radius 3 is 2.67 bits per heavy atom. The van der Waals surface area contributed by atoms with Crippen LogP contribution < -0.4 is 11.1 Å². The summed E-state index contributed by atoms with van der Waals surface area (Å²) in [5.74, 6) is -0.126. The van der Waals surface area contributed by atoms with Crippen molar-refractivity contribution in [2.45, 2.75) is 12.5 Å². The topological polar surface area (TPSA) is 58.4 Å². The van der Waals surface area contributed by atoms with Gasteiger partial charge < -0.3 is 11.1 Å². The Hall–Kier alpha value is -0.810. The Morgan fingerprint density at radius 2 is 2.11 bits per heavy atom. The van der Waals surface area contributed by atoms with Crippen LogP contribution >= 0.6 is 23.2 Å². The van der Waals surface area contributed by atoms with E-state index >= 15 is 0 Å². The van der Waals surface area contributed by atoms with Crippen molar-refractivity contribution < 1.29 is 4.79 Å². The van der Waals surface area contributed by atoms with Gasteiger partial charge in [-0.15, -0.1) is 0 Å². The smallest absolute Gasteiger partial charge is 0.238 e. The molecule has 1 aromatic rings. The van der Waals surface area contributed by atoms with E-state index in [0.29, 0.717) is 22.3 Å². The Morgan fingerprint density at radius 1 is 1.44 bits per heavy atom. The molecule has 0 saturated carbocycles. The lowest BCUT2D eigenvalue weighted by atomic mass is 10.3. The van der Waals surface area contributed by atoms with Gasteiger partial charge in [-0.05, 0) is 18.6 Å². The van der Waals surface area contributed by atoms with E-state index < -0.39 is 0 Å². The van der Waals surface area contributed by atoms with Crippen molar-refractivity contribution in [1.29, 1.82) is 0 Å². The number of carbonyl (C=O) groups is 1. The minimum atomic E-state index is -0.126. The van der Waals surface area contributed by atoms with Gasteiger partial charge in [-0.3, -0.25) is 9.69 Å². The zero-order chi connectivity index (χ0) is 13.1. The number of nitrogens with zero attached hydrogens (tertiary/aromatic N) is 1. The van der Waals surface area contributed by atoms with E-state index in [1.807, 2.05) is 4.90 Å². The second-order valence-corrected chi connectivity index (χ2v) is 5.24. The number of rotatable bonds is 3. The third-order valence-corrected chi connectivity index (χ3v) is 3.53. The van der Waals surface area contributed by atoms with Gasteiger partial charge in [0.25, 0.3) is 0 Å². The average Bonchev–Trinajstić information content (AvgIpc) is 2.69. The van der Waals surface area contributed by atoms with Crippen LogP contribution in [0.4, 0.5) is 5.69 Å². The van der Waals surface area contributed by atoms with Gasteiger partial charge in [-0.2, -0.15) is 0 Å². The number of halogens is 2. The van der Waals surface area contributed by atoms with Crippen molar-refractivity contribution in [2.24, 2.45) is 5.73 Å². The molecule has 1 heterocycles. The highest BCUT2D eigenvalue weighted by Gasteiger charge is 2.21. The van der Waals surface area contributed by atoms with Crippen LogP contribution in [0.2, 0.25) is 10.0 Å². The van der Waals surface area contributed by atoms with Crippen molar-refractivity contribution in [2.75, 3.05) is 25.0 Å². The van der Waals surface area contributed by atoms with E-state index in [2.05, 4.69) is 5.32 Å². The minimum absolute atomic E-state index is 0.126. The predicted molar refractivity (Wildman–Crippen MR) is 74.1 cm³/mol. The molecular formula is C12H15Cl2N3O. The fourth-order valence-corrected chi connectivity index (χ4v) is 2.50. The normalized spacial score (nSPS) is 20.1. The van der Waals surface area contributed by atoms with Crippen LogP contribution in [-0.2, 0) is 4.79 Å². The molecule has 6 heteroatoms. The molecule has 0 bridgehead atoms. The largest absolute Gasteiger partial charge is 0.326 e. The number of amides is 1. The standard InChI is InChI=1S/C12H15Cl2N3O/c13-9-2-1-3-10(14)12(9)16-11(18)7-17-5-4-8(15)6-17/h1-3,8H,4-7,15H2,(H,16,18). The number of para-hydroxylation sites is 1. The summed E-state index contributed by atoms with van der Waals surface area (Å²) in [6.45, 7) is 1.92. The van der Waals surface area contributed by atoms with Gasteiger partial charge in [0.1, 0.15) is 0 Å². The predicted octanol–water partition coefficient (Wildman–Crippen LogP) is 1.96. The molecule has 2 rings (SSSR count). The van der Waals surface area contributed by atoms with Gasteiger partial charge in [-0.25, -0.2) is 0 Å². The maximum absolute atomic E-state index is 11.9. The van der Waals surface area contributed by atoms with E-state index in [-0.39, 0.29) is 11.9 Å². The third kappa shape index (κ3) is 3.36. The van der Waals surface area contributed by atoms with Crippen LogP contribution in [0.15, 0.2) is 18.2 Å². The molecule has 0 aliphatic carbocycles. The van der Waals surface area contributed by atoms with E-state index in [9.17, 15) is 4.79 Å². The number of anilines is 1. The van der Waals surface area contributed by atoms with Crippen molar-refractivity contribution >= 4 is 34.8 Å². The van der Waals surface area contributed by atoms with Gasteiger partial charge in [0, 0.05) is 19.1 Å². The van der Waals surface area contributed by atoms with Crippen LogP contribution in [-0.4, -0.2) is 36.5 Å². The lowest BCUT2D eigenvalue weighted by Crippen LogP contribution is -2.33. The van der Waals surface area contributed by atoms with Crippen LogP contribution in [0.3, 0.4) is 0 Å². The van der Waals surface area contributed by atoms with Gasteiger partial charge in [0.05, 0.1) is 22.3 Å². The van der Waals surface area contributed by atoms with E-state index in [1.165, 1.54) is 0 Å². The highest BCUT2D eigenvalue weighted by molar-refractivity contribution is 6.39. The molecule has 1 amide bonds. The minimum Gasteiger partial charge on any atom is -0.326 e. The van der Waals surface area contributed by atoms with E-state index in [0.717, 1.165) is 19.5 Å². The molecule has 18 heavy (non-hydrogen) atoms. The maximum atomic E-state index is 11.9. The number of carbonyl (C=O) groups excluding carboxylic acids is 1. The molecule has 98 valence electrons. The monoisotopic (exact) mass is 287 g/mol. The first kappa shape index (κ1) is 13.6. The van der Waals surface area contributed by atoms with Gasteiger partial charge >= 0.3 is 0 Å². The second kappa shape index (κ2) is 5.89. The number of hydrogen-bond donors (Lipinski definition) is 2. The molecule has 1 atom stereocenters. The molecule has 1 saturated heterocycles. The second-order valence-electron chi connectivity index (χ2n) is 4.43. The lowest BCUT2D eigenvalue weighted by Gasteiger charge is -2.15. The maximum Gasteiger partial charge on any atom is 0.238 e. The molecule has 0 aromatic heterocycles. The molecule has 0 radical (unpaired) electrons. The zero-order valence-corrected chi connectivity index (χ0v) is 11.3. The summed E-state index contributed by atoms with van der Waals surface area (Å²) < 4.78 is 0. The summed E-state index contributed by atoms with van der Waals surface area (Å²) in [6, 6.07) is 5.28. The van der Waals surface area contributed by atoms with Gasteiger partial charge in [-0.1, -0.05) is 29.3 Å². The Kier molecular flexibility index (Phi) is 4.45. The Bertz CT molecular complexity index is 433. The van der Waals surface area contributed by atoms with E-state index in [1.54, 1.807) is 18.2 Å². The van der Waals surface area contributed by atoms with E-state index in [4.69, 9.17) is 28.9 Å². The Labute approximate surface area is 116 Å². The quantitative estimate of drug-likeness (QED) is 0.894. The van der Waals surface area contributed by atoms with Crippen LogP contribution in [0.1, 0.15) is 6.42 Å². The Balaban J connectivity index is 1.95. The zero-order valence-electron chi connectivity index (χ0n) is 9.83. The number of likely N-dealkylation sites (tertiary alicyclic amines) is 1. The van der Waals surface area contributed by atoms with Crippen molar-refractivity contribution in [3.8, 4) is 0 Å². The number of benzene rings is 1. The molecule has 1 aliphatic rings. The average molecular weight is 288 g/mol. The molecule has 4 nitrogen and oxygen atoms in total. The van der Waals surface area contributed by atoms with Gasteiger partial charge in [0.15, 0.2) is 0 Å². The molecule has 1 fully saturated rings. The number of nitrogens with two attached hydrogens (primary N) is 1. The fourth-order valence-electron chi connectivity index (χ4n) is 2.01. The first-order valence-corrected chi connectivity index (χ1v) is 6.53.